The molecular formula is C14H17ClN2O3S. The first kappa shape index (κ1) is 15.9. The second kappa shape index (κ2) is 6.49. The van der Waals surface area contributed by atoms with Crippen molar-refractivity contribution in [3.63, 3.8) is 0 Å². The molecule has 0 saturated heterocycles. The van der Waals surface area contributed by atoms with Crippen molar-refractivity contribution in [2.45, 2.75) is 38.1 Å². The summed E-state index contributed by atoms with van der Waals surface area (Å²) in [5.41, 5.74) is 2.47. The lowest BCUT2D eigenvalue weighted by atomic mass is 9.98. The Kier molecular flexibility index (Phi) is 4.90. The molecule has 0 aromatic heterocycles. The highest BCUT2D eigenvalue weighted by Gasteiger charge is 2.41. The van der Waals surface area contributed by atoms with Gasteiger partial charge in [-0.25, -0.2) is 4.79 Å². The van der Waals surface area contributed by atoms with Gasteiger partial charge < -0.3 is 15.3 Å². The molecule has 0 spiro atoms. The van der Waals surface area contributed by atoms with Crippen LogP contribution in [0.2, 0.25) is 5.02 Å². The maximum atomic E-state index is 11.4. The van der Waals surface area contributed by atoms with Crippen molar-refractivity contribution >= 4 is 34.9 Å². The van der Waals surface area contributed by atoms with Gasteiger partial charge in [-0.15, -0.1) is 0 Å². The fourth-order valence-corrected chi connectivity index (χ4v) is 2.80. The van der Waals surface area contributed by atoms with Gasteiger partial charge in [0.1, 0.15) is 5.54 Å². The molecule has 0 unspecified atom stereocenters. The molecule has 3 N–H and O–H groups in total. The molecule has 1 aliphatic carbocycles. The minimum atomic E-state index is -0.989. The number of carboxylic acid groups (broad SMARTS) is 1. The Morgan fingerprint density at radius 2 is 2.10 bits per heavy atom. The summed E-state index contributed by atoms with van der Waals surface area (Å²) in [4.78, 5) is 16.8. The zero-order chi connectivity index (χ0) is 15.5. The highest BCUT2D eigenvalue weighted by molar-refractivity contribution is 7.80. The van der Waals surface area contributed by atoms with Crippen LogP contribution in [0.4, 0.5) is 0 Å². The minimum absolute atomic E-state index is 0.152. The molecular weight excluding hydrogens is 312 g/mol. The number of nitrogens with one attached hydrogen (secondary N) is 2. The fourth-order valence-electron chi connectivity index (χ4n) is 2.40. The number of hydrogen-bond donors (Lipinski definition) is 3. The second-order valence-electron chi connectivity index (χ2n) is 5.16. The van der Waals surface area contributed by atoms with E-state index in [-0.39, 0.29) is 5.11 Å². The molecule has 0 heterocycles. The number of hydroxylamine groups is 1. The summed E-state index contributed by atoms with van der Waals surface area (Å²) in [6.07, 6.45) is 2.85. The number of benzene rings is 1. The van der Waals surface area contributed by atoms with Crippen molar-refractivity contribution in [1.29, 1.82) is 0 Å². The lowest BCUT2D eigenvalue weighted by Crippen LogP contribution is -2.55. The van der Waals surface area contributed by atoms with Crippen LogP contribution in [0.15, 0.2) is 18.2 Å². The summed E-state index contributed by atoms with van der Waals surface area (Å²) < 4.78 is 0. The van der Waals surface area contributed by atoms with Crippen LogP contribution < -0.4 is 15.6 Å². The van der Waals surface area contributed by atoms with Gasteiger partial charge in [-0.05, 0) is 43.6 Å². The average molecular weight is 329 g/mol. The first-order chi connectivity index (χ1) is 9.93. The first-order valence-corrected chi connectivity index (χ1v) is 7.46. The highest BCUT2D eigenvalue weighted by atomic mass is 35.5. The van der Waals surface area contributed by atoms with Crippen LogP contribution >= 0.6 is 23.8 Å². The van der Waals surface area contributed by atoms with E-state index in [2.05, 4.69) is 10.8 Å². The molecule has 1 aromatic rings. The lowest BCUT2D eigenvalue weighted by Gasteiger charge is -2.26. The van der Waals surface area contributed by atoms with Gasteiger partial charge in [-0.3, -0.25) is 0 Å². The summed E-state index contributed by atoms with van der Waals surface area (Å²) in [7, 11) is 0. The van der Waals surface area contributed by atoms with Crippen LogP contribution in [0.1, 0.15) is 31.2 Å². The van der Waals surface area contributed by atoms with E-state index < -0.39 is 11.5 Å². The monoisotopic (exact) mass is 328 g/mol. The van der Waals surface area contributed by atoms with Crippen LogP contribution in [0.25, 0.3) is 0 Å². The molecule has 0 radical (unpaired) electrons. The Hall–Kier alpha value is -1.53. The third kappa shape index (κ3) is 3.77. The molecule has 5 nitrogen and oxygen atoms in total. The summed E-state index contributed by atoms with van der Waals surface area (Å²) in [6, 6.07) is 5.25. The van der Waals surface area contributed by atoms with Crippen LogP contribution in [0.3, 0.4) is 0 Å². The third-order valence-corrected chi connectivity index (χ3v) is 4.04. The van der Waals surface area contributed by atoms with Gasteiger partial charge in [0, 0.05) is 11.1 Å². The van der Waals surface area contributed by atoms with Gasteiger partial charge in [0.25, 0.3) is 0 Å². The molecule has 21 heavy (non-hydrogen) atoms. The summed E-state index contributed by atoms with van der Waals surface area (Å²) in [6.45, 7) is 1.87. The maximum Gasteiger partial charge on any atom is 0.329 e. The minimum Gasteiger partial charge on any atom is -0.480 e. The van der Waals surface area contributed by atoms with Crippen molar-refractivity contribution in [2.75, 3.05) is 0 Å². The van der Waals surface area contributed by atoms with E-state index in [1.54, 1.807) is 12.1 Å². The van der Waals surface area contributed by atoms with E-state index >= 15 is 0 Å². The van der Waals surface area contributed by atoms with Crippen molar-refractivity contribution < 1.29 is 14.7 Å². The Morgan fingerprint density at radius 3 is 2.71 bits per heavy atom. The number of thiocarbonyl (C=S) groups is 1. The quantitative estimate of drug-likeness (QED) is 0.583. The molecule has 1 aliphatic rings. The number of hydrogen-bond acceptors (Lipinski definition) is 3. The van der Waals surface area contributed by atoms with E-state index in [1.807, 2.05) is 13.0 Å². The molecule has 114 valence electrons. The summed E-state index contributed by atoms with van der Waals surface area (Å²) in [5, 5.41) is 12.9. The first-order valence-electron chi connectivity index (χ1n) is 6.67. The van der Waals surface area contributed by atoms with E-state index in [0.29, 0.717) is 23.6 Å². The molecule has 0 atom stereocenters. The van der Waals surface area contributed by atoms with E-state index in [1.165, 1.54) is 0 Å². The Balaban J connectivity index is 1.96. The van der Waals surface area contributed by atoms with Gasteiger partial charge in [-0.1, -0.05) is 30.5 Å². The van der Waals surface area contributed by atoms with Gasteiger partial charge in [0.2, 0.25) is 5.11 Å². The zero-order valence-electron chi connectivity index (χ0n) is 11.6. The van der Waals surface area contributed by atoms with Crippen molar-refractivity contribution in [2.24, 2.45) is 0 Å². The number of carbonyl (C=O) groups is 1. The highest BCUT2D eigenvalue weighted by Crippen LogP contribution is 2.30. The molecule has 1 aromatic carbocycles. The average Bonchev–Trinajstić information content (AvgIpc) is 2.89. The third-order valence-electron chi connectivity index (χ3n) is 3.62. The SMILES string of the molecule is Cc1ccc(Cl)cc1ONC(=S)NC1(C(=O)O)CCCC1. The molecule has 0 aliphatic heterocycles. The standard InChI is InChI=1S/C14H17ClN2O3S/c1-9-4-5-10(15)8-11(9)20-17-13(21)16-14(12(18)19)6-2-3-7-14/h4-5,8H,2-3,6-7H2,1H3,(H,18,19)(H2,16,17,21). The van der Waals surface area contributed by atoms with Crippen molar-refractivity contribution in [3.8, 4) is 5.75 Å². The Labute approximate surface area is 133 Å². The molecule has 2 rings (SSSR count). The maximum absolute atomic E-state index is 11.4. The topological polar surface area (TPSA) is 70.6 Å². The summed E-state index contributed by atoms with van der Waals surface area (Å²) in [5.74, 6) is -0.342. The largest absolute Gasteiger partial charge is 0.480 e. The van der Waals surface area contributed by atoms with E-state index in [0.717, 1.165) is 18.4 Å². The normalized spacial score (nSPS) is 16.3. The Morgan fingerprint density at radius 1 is 1.43 bits per heavy atom. The van der Waals surface area contributed by atoms with Gasteiger partial charge in [0.05, 0.1) is 0 Å². The van der Waals surface area contributed by atoms with Crippen LogP contribution in [-0.4, -0.2) is 21.7 Å². The molecule has 1 saturated carbocycles. The second-order valence-corrected chi connectivity index (χ2v) is 6.01. The molecule has 0 bridgehead atoms. The summed E-state index contributed by atoms with van der Waals surface area (Å²) >= 11 is 11.0. The molecule has 7 heteroatoms. The van der Waals surface area contributed by atoms with Gasteiger partial charge in [-0.2, -0.15) is 5.48 Å². The fraction of sp³-hybridized carbons (Fsp3) is 0.429. The number of aryl methyl sites for hydroxylation is 1. The van der Waals surface area contributed by atoms with Crippen LogP contribution in [0, 0.1) is 6.92 Å². The molecule has 1 fully saturated rings. The number of rotatable bonds is 4. The lowest BCUT2D eigenvalue weighted by molar-refractivity contribution is -0.144. The molecule has 0 amide bonds. The van der Waals surface area contributed by atoms with Crippen molar-refractivity contribution in [3.05, 3.63) is 28.8 Å². The predicted molar refractivity (Wildman–Crippen MR) is 84.5 cm³/mol. The van der Waals surface area contributed by atoms with Crippen LogP contribution in [0.5, 0.6) is 5.75 Å². The number of carboxylic acids is 1. The van der Waals surface area contributed by atoms with Gasteiger partial charge in [0.15, 0.2) is 5.75 Å². The predicted octanol–water partition coefficient (Wildman–Crippen LogP) is 2.80. The van der Waals surface area contributed by atoms with Crippen LogP contribution in [-0.2, 0) is 4.79 Å². The smallest absolute Gasteiger partial charge is 0.329 e. The zero-order valence-corrected chi connectivity index (χ0v) is 13.2. The van der Waals surface area contributed by atoms with Gasteiger partial charge >= 0.3 is 5.97 Å². The number of halogens is 1. The van der Waals surface area contributed by atoms with E-state index in [4.69, 9.17) is 28.7 Å². The Bertz CT molecular complexity index is 559. The number of aliphatic carboxylic acids is 1. The van der Waals surface area contributed by atoms with Crippen molar-refractivity contribution in [1.82, 2.24) is 10.8 Å². The van der Waals surface area contributed by atoms with E-state index in [9.17, 15) is 9.90 Å².